The van der Waals surface area contributed by atoms with Crippen molar-refractivity contribution in [2.24, 2.45) is 0 Å². The first-order valence-electron chi connectivity index (χ1n) is 8.62. The lowest BCUT2D eigenvalue weighted by molar-refractivity contribution is -0.115. The molecular formula is C21H16ClN3O2S. The molecule has 4 aromatic rings. The third kappa shape index (κ3) is 3.98. The molecule has 1 amide bonds. The summed E-state index contributed by atoms with van der Waals surface area (Å²) in [5, 5.41) is 5.83. The zero-order valence-corrected chi connectivity index (χ0v) is 16.6. The van der Waals surface area contributed by atoms with Crippen LogP contribution < -0.4 is 5.32 Å². The van der Waals surface area contributed by atoms with Crippen LogP contribution in [0.25, 0.3) is 22.7 Å². The molecule has 0 atom stereocenters. The van der Waals surface area contributed by atoms with Crippen molar-refractivity contribution in [2.75, 3.05) is 5.32 Å². The molecule has 2 aromatic carbocycles. The van der Waals surface area contributed by atoms with E-state index in [0.29, 0.717) is 27.5 Å². The van der Waals surface area contributed by atoms with Crippen LogP contribution in [-0.4, -0.2) is 15.9 Å². The van der Waals surface area contributed by atoms with Crippen molar-refractivity contribution in [3.8, 4) is 22.7 Å². The van der Waals surface area contributed by atoms with E-state index in [4.69, 9.17) is 16.0 Å². The Hall–Kier alpha value is -2.96. The minimum Gasteiger partial charge on any atom is -0.441 e. The number of benzene rings is 2. The third-order valence-electron chi connectivity index (χ3n) is 4.14. The molecule has 0 aliphatic heterocycles. The summed E-state index contributed by atoms with van der Waals surface area (Å²) in [6, 6.07) is 17.1. The maximum absolute atomic E-state index is 12.4. The first-order chi connectivity index (χ1) is 13.6. The van der Waals surface area contributed by atoms with Gasteiger partial charge in [-0.15, -0.1) is 11.3 Å². The number of thiazole rings is 1. The lowest BCUT2D eigenvalue weighted by Gasteiger charge is -2.01. The Morgan fingerprint density at radius 3 is 2.64 bits per heavy atom. The minimum absolute atomic E-state index is 0.114. The molecule has 0 aliphatic rings. The lowest BCUT2D eigenvalue weighted by atomic mass is 10.2. The minimum atomic E-state index is -0.198. The van der Waals surface area contributed by atoms with Gasteiger partial charge in [0.15, 0.2) is 5.13 Å². The average Bonchev–Trinajstić information content (AvgIpc) is 3.30. The summed E-state index contributed by atoms with van der Waals surface area (Å²) in [4.78, 5) is 21.4. The number of nitrogens with one attached hydrogen (secondary N) is 1. The van der Waals surface area contributed by atoms with Gasteiger partial charge in [-0.05, 0) is 25.1 Å². The van der Waals surface area contributed by atoms with Gasteiger partial charge in [0.05, 0.1) is 17.8 Å². The van der Waals surface area contributed by atoms with Crippen LogP contribution in [0.5, 0.6) is 0 Å². The first kappa shape index (κ1) is 18.4. The largest absolute Gasteiger partial charge is 0.441 e. The molecule has 0 bridgehead atoms. The smallest absolute Gasteiger partial charge is 0.232 e. The predicted octanol–water partition coefficient (Wildman–Crippen LogP) is 5.61. The van der Waals surface area contributed by atoms with E-state index in [0.717, 1.165) is 16.8 Å². The fourth-order valence-electron chi connectivity index (χ4n) is 2.74. The monoisotopic (exact) mass is 409 g/mol. The van der Waals surface area contributed by atoms with Gasteiger partial charge in [0, 0.05) is 21.5 Å². The van der Waals surface area contributed by atoms with E-state index in [9.17, 15) is 4.79 Å². The number of hydrogen-bond acceptors (Lipinski definition) is 5. The summed E-state index contributed by atoms with van der Waals surface area (Å²) in [6.07, 6.45) is 0.114. The maximum Gasteiger partial charge on any atom is 0.232 e. The van der Waals surface area contributed by atoms with E-state index in [1.165, 1.54) is 11.3 Å². The molecule has 140 valence electrons. The molecule has 4 rings (SSSR count). The van der Waals surface area contributed by atoms with Crippen LogP contribution in [0.3, 0.4) is 0 Å². The van der Waals surface area contributed by atoms with Crippen molar-refractivity contribution in [2.45, 2.75) is 13.3 Å². The van der Waals surface area contributed by atoms with Crippen molar-refractivity contribution < 1.29 is 9.21 Å². The first-order valence-corrected chi connectivity index (χ1v) is 9.88. The second-order valence-corrected chi connectivity index (χ2v) is 7.40. The van der Waals surface area contributed by atoms with E-state index in [1.54, 1.807) is 6.92 Å². The van der Waals surface area contributed by atoms with Gasteiger partial charge in [-0.3, -0.25) is 4.79 Å². The summed E-state index contributed by atoms with van der Waals surface area (Å²) >= 11 is 7.56. The van der Waals surface area contributed by atoms with Crippen molar-refractivity contribution in [1.82, 2.24) is 9.97 Å². The molecule has 2 aromatic heterocycles. The molecule has 0 aliphatic carbocycles. The normalized spacial score (nSPS) is 10.8. The van der Waals surface area contributed by atoms with E-state index >= 15 is 0 Å². The van der Waals surface area contributed by atoms with Crippen LogP contribution in [0.4, 0.5) is 5.13 Å². The molecule has 28 heavy (non-hydrogen) atoms. The number of oxazole rings is 1. The van der Waals surface area contributed by atoms with Crippen LogP contribution in [0, 0.1) is 6.92 Å². The van der Waals surface area contributed by atoms with E-state index in [1.807, 2.05) is 60.0 Å². The molecule has 0 fully saturated rings. The van der Waals surface area contributed by atoms with Crippen LogP contribution in [0.15, 0.2) is 64.4 Å². The zero-order chi connectivity index (χ0) is 19.5. The van der Waals surface area contributed by atoms with Gasteiger partial charge < -0.3 is 9.73 Å². The number of anilines is 1. The number of aromatic nitrogens is 2. The Labute approximate surface area is 171 Å². The number of nitrogens with zero attached hydrogens (tertiary/aromatic N) is 2. The number of amides is 1. The van der Waals surface area contributed by atoms with Gasteiger partial charge in [-0.1, -0.05) is 48.0 Å². The van der Waals surface area contributed by atoms with Crippen molar-refractivity contribution in [1.29, 1.82) is 0 Å². The molecular weight excluding hydrogens is 394 g/mol. The molecule has 0 radical (unpaired) electrons. The highest BCUT2D eigenvalue weighted by Crippen LogP contribution is 2.30. The summed E-state index contributed by atoms with van der Waals surface area (Å²) in [6.45, 7) is 1.81. The highest BCUT2D eigenvalue weighted by molar-refractivity contribution is 7.14. The predicted molar refractivity (Wildman–Crippen MR) is 112 cm³/mol. The van der Waals surface area contributed by atoms with Crippen LogP contribution >= 0.6 is 22.9 Å². The molecule has 5 nitrogen and oxygen atoms in total. The second kappa shape index (κ2) is 7.96. The standard InChI is InChI=1S/C21H16ClN3O2S/c1-13-17(23-20(27-13)14-7-3-2-4-8-14)11-19(26)25-21-24-18(12-28-21)15-9-5-6-10-16(15)22/h2-10,12H,11H2,1H3,(H,24,25,26). The quantitative estimate of drug-likeness (QED) is 0.465. The number of carbonyl (C=O) groups excluding carboxylic acids is 1. The molecule has 1 N–H and O–H groups in total. The Morgan fingerprint density at radius 1 is 1.11 bits per heavy atom. The van der Waals surface area contributed by atoms with Gasteiger partial charge in [-0.25, -0.2) is 9.97 Å². The SMILES string of the molecule is Cc1oc(-c2ccccc2)nc1CC(=O)Nc1nc(-c2ccccc2Cl)cs1. The Bertz CT molecular complexity index is 1120. The zero-order valence-electron chi connectivity index (χ0n) is 15.0. The molecule has 0 unspecified atom stereocenters. The van der Waals surface area contributed by atoms with Gasteiger partial charge in [0.1, 0.15) is 5.76 Å². The van der Waals surface area contributed by atoms with E-state index in [2.05, 4.69) is 15.3 Å². The highest BCUT2D eigenvalue weighted by Gasteiger charge is 2.16. The Kier molecular flexibility index (Phi) is 5.23. The number of aryl methyl sites for hydroxylation is 1. The molecule has 0 spiro atoms. The molecule has 0 saturated carbocycles. The Balaban J connectivity index is 1.46. The summed E-state index contributed by atoms with van der Waals surface area (Å²) in [5.41, 5.74) is 3.05. The highest BCUT2D eigenvalue weighted by atomic mass is 35.5. The van der Waals surface area contributed by atoms with Crippen LogP contribution in [0.1, 0.15) is 11.5 Å². The summed E-state index contributed by atoms with van der Waals surface area (Å²) in [5.74, 6) is 0.942. The van der Waals surface area contributed by atoms with Crippen LogP contribution in [-0.2, 0) is 11.2 Å². The molecule has 7 heteroatoms. The van der Waals surface area contributed by atoms with Crippen LogP contribution in [0.2, 0.25) is 5.02 Å². The lowest BCUT2D eigenvalue weighted by Crippen LogP contribution is -2.15. The second-order valence-electron chi connectivity index (χ2n) is 6.13. The fraction of sp³-hybridized carbons (Fsp3) is 0.0952. The average molecular weight is 410 g/mol. The summed E-state index contributed by atoms with van der Waals surface area (Å²) < 4.78 is 5.71. The Morgan fingerprint density at radius 2 is 1.86 bits per heavy atom. The van der Waals surface area contributed by atoms with Gasteiger partial charge >= 0.3 is 0 Å². The topological polar surface area (TPSA) is 68.0 Å². The summed E-state index contributed by atoms with van der Waals surface area (Å²) in [7, 11) is 0. The van der Waals surface area contributed by atoms with Gasteiger partial charge in [0.25, 0.3) is 0 Å². The van der Waals surface area contributed by atoms with Crippen molar-refractivity contribution >= 4 is 34.0 Å². The van der Waals surface area contributed by atoms with Crippen molar-refractivity contribution in [3.63, 3.8) is 0 Å². The molecule has 0 saturated heterocycles. The fourth-order valence-corrected chi connectivity index (χ4v) is 3.69. The maximum atomic E-state index is 12.4. The number of hydrogen-bond donors (Lipinski definition) is 1. The number of rotatable bonds is 5. The van der Waals surface area contributed by atoms with Gasteiger partial charge in [-0.2, -0.15) is 0 Å². The number of carbonyl (C=O) groups is 1. The molecule has 2 heterocycles. The number of halogens is 1. The third-order valence-corrected chi connectivity index (χ3v) is 5.23. The van der Waals surface area contributed by atoms with Crippen molar-refractivity contribution in [3.05, 3.63) is 76.5 Å². The van der Waals surface area contributed by atoms with Gasteiger partial charge in [0.2, 0.25) is 11.8 Å². The van der Waals surface area contributed by atoms with E-state index in [-0.39, 0.29) is 12.3 Å². The van der Waals surface area contributed by atoms with E-state index < -0.39 is 0 Å².